The molecule has 0 aromatic heterocycles. The Kier molecular flexibility index (Phi) is 3.49. The SMILES string of the molecule is COc1c(CCC(=O)O)ccc(O)c1F. The van der Waals surface area contributed by atoms with Crippen molar-refractivity contribution in [2.75, 3.05) is 7.11 Å². The maximum atomic E-state index is 13.3. The fourth-order valence-electron chi connectivity index (χ4n) is 1.24. The summed E-state index contributed by atoms with van der Waals surface area (Å²) in [6.07, 6.45) is 0.0519. The molecule has 1 aromatic carbocycles. The lowest BCUT2D eigenvalue weighted by Gasteiger charge is -2.09. The molecule has 0 radical (unpaired) electrons. The number of rotatable bonds is 4. The number of aromatic hydroxyl groups is 1. The van der Waals surface area contributed by atoms with Gasteiger partial charge in [0.2, 0.25) is 5.82 Å². The smallest absolute Gasteiger partial charge is 0.303 e. The van der Waals surface area contributed by atoms with Gasteiger partial charge in [0, 0.05) is 6.42 Å². The quantitative estimate of drug-likeness (QED) is 0.798. The summed E-state index contributed by atoms with van der Waals surface area (Å²) in [5, 5.41) is 17.5. The van der Waals surface area contributed by atoms with Crippen LogP contribution in [0, 0.1) is 5.82 Å². The molecule has 0 saturated heterocycles. The first-order valence-corrected chi connectivity index (χ1v) is 4.32. The molecule has 0 aliphatic rings. The van der Waals surface area contributed by atoms with Crippen LogP contribution in [0.25, 0.3) is 0 Å². The number of halogens is 1. The highest BCUT2D eigenvalue weighted by atomic mass is 19.1. The minimum absolute atomic E-state index is 0.101. The summed E-state index contributed by atoms with van der Waals surface area (Å²) in [5.41, 5.74) is 0.426. The molecule has 0 saturated carbocycles. The van der Waals surface area contributed by atoms with Crippen LogP contribution in [0.1, 0.15) is 12.0 Å². The maximum absolute atomic E-state index is 13.3. The molecular weight excluding hydrogens is 203 g/mol. The molecule has 0 fully saturated rings. The Bertz CT molecular complexity index is 376. The fourth-order valence-corrected chi connectivity index (χ4v) is 1.24. The molecule has 0 aliphatic carbocycles. The summed E-state index contributed by atoms with van der Waals surface area (Å²) in [7, 11) is 1.27. The number of methoxy groups -OCH3 is 1. The molecule has 0 bridgehead atoms. The summed E-state index contributed by atoms with van der Waals surface area (Å²) in [5.74, 6) is -2.44. The average Bonchev–Trinajstić information content (AvgIpc) is 2.19. The second-order valence-corrected chi connectivity index (χ2v) is 2.98. The summed E-state index contributed by atoms with van der Waals surface area (Å²) in [6.45, 7) is 0. The van der Waals surface area contributed by atoms with Crippen molar-refractivity contribution < 1.29 is 24.1 Å². The minimum atomic E-state index is -0.967. The van der Waals surface area contributed by atoms with Gasteiger partial charge >= 0.3 is 5.97 Å². The van der Waals surface area contributed by atoms with Crippen molar-refractivity contribution in [2.45, 2.75) is 12.8 Å². The number of aliphatic carboxylic acids is 1. The molecule has 0 heterocycles. The van der Waals surface area contributed by atoms with Crippen molar-refractivity contribution in [1.82, 2.24) is 0 Å². The van der Waals surface area contributed by atoms with Gasteiger partial charge in [-0.2, -0.15) is 4.39 Å². The summed E-state index contributed by atoms with van der Waals surface area (Å²) in [6, 6.07) is 2.62. The van der Waals surface area contributed by atoms with Crippen LogP contribution in [0.5, 0.6) is 11.5 Å². The van der Waals surface area contributed by atoms with E-state index in [1.807, 2.05) is 0 Å². The molecule has 1 aromatic rings. The van der Waals surface area contributed by atoms with E-state index in [9.17, 15) is 9.18 Å². The number of phenols is 1. The van der Waals surface area contributed by atoms with E-state index >= 15 is 0 Å². The lowest BCUT2D eigenvalue weighted by atomic mass is 10.1. The van der Waals surface area contributed by atoms with Crippen molar-refractivity contribution >= 4 is 5.97 Å². The second-order valence-electron chi connectivity index (χ2n) is 2.98. The van der Waals surface area contributed by atoms with E-state index in [1.54, 1.807) is 0 Å². The van der Waals surface area contributed by atoms with Crippen molar-refractivity contribution in [3.63, 3.8) is 0 Å². The van der Waals surface area contributed by atoms with E-state index in [0.29, 0.717) is 5.56 Å². The first kappa shape index (κ1) is 11.3. The number of carbonyl (C=O) groups is 1. The zero-order chi connectivity index (χ0) is 11.4. The predicted octanol–water partition coefficient (Wildman–Crippen LogP) is 1.56. The van der Waals surface area contributed by atoms with Gasteiger partial charge in [0.05, 0.1) is 7.11 Å². The van der Waals surface area contributed by atoms with Gasteiger partial charge in [-0.05, 0) is 18.1 Å². The number of phenolic OH excluding ortho intramolecular Hbond substituents is 1. The first-order valence-electron chi connectivity index (χ1n) is 4.32. The lowest BCUT2D eigenvalue weighted by molar-refractivity contribution is -0.136. The van der Waals surface area contributed by atoms with Gasteiger partial charge in [-0.15, -0.1) is 0 Å². The van der Waals surface area contributed by atoms with Gasteiger partial charge in [0.25, 0.3) is 0 Å². The monoisotopic (exact) mass is 214 g/mol. The summed E-state index contributed by atoms with van der Waals surface area (Å²) >= 11 is 0. The van der Waals surface area contributed by atoms with E-state index in [2.05, 4.69) is 0 Å². The largest absolute Gasteiger partial charge is 0.505 e. The number of hydrogen-bond acceptors (Lipinski definition) is 3. The van der Waals surface area contributed by atoms with Gasteiger partial charge in [0.15, 0.2) is 11.5 Å². The Hall–Kier alpha value is -1.78. The number of aryl methyl sites for hydroxylation is 1. The molecule has 82 valence electrons. The first-order chi connectivity index (χ1) is 7.06. The Balaban J connectivity index is 2.97. The zero-order valence-corrected chi connectivity index (χ0v) is 8.16. The van der Waals surface area contributed by atoms with Gasteiger partial charge in [0.1, 0.15) is 0 Å². The average molecular weight is 214 g/mol. The van der Waals surface area contributed by atoms with Crippen LogP contribution in [0.2, 0.25) is 0 Å². The normalized spacial score (nSPS) is 10.0. The number of carboxylic acid groups (broad SMARTS) is 1. The van der Waals surface area contributed by atoms with Gasteiger partial charge in [-0.25, -0.2) is 0 Å². The highest BCUT2D eigenvalue weighted by Crippen LogP contribution is 2.30. The third-order valence-electron chi connectivity index (χ3n) is 1.97. The molecule has 0 atom stereocenters. The van der Waals surface area contributed by atoms with Crippen molar-refractivity contribution in [3.05, 3.63) is 23.5 Å². The number of benzene rings is 1. The second kappa shape index (κ2) is 4.63. The standard InChI is InChI=1S/C10H11FO4/c1-15-10-6(3-5-8(13)14)2-4-7(12)9(10)11/h2,4,12H,3,5H2,1H3,(H,13,14). The Morgan fingerprint density at radius 1 is 1.53 bits per heavy atom. The minimum Gasteiger partial charge on any atom is -0.505 e. The highest BCUT2D eigenvalue weighted by molar-refractivity contribution is 5.67. The van der Waals surface area contributed by atoms with E-state index < -0.39 is 17.5 Å². The maximum Gasteiger partial charge on any atom is 0.303 e. The number of hydrogen-bond donors (Lipinski definition) is 2. The van der Waals surface area contributed by atoms with E-state index in [0.717, 1.165) is 0 Å². The van der Waals surface area contributed by atoms with E-state index in [-0.39, 0.29) is 18.6 Å². The summed E-state index contributed by atoms with van der Waals surface area (Å²) in [4.78, 5) is 10.3. The number of carboxylic acids is 1. The molecule has 2 N–H and O–H groups in total. The third-order valence-corrected chi connectivity index (χ3v) is 1.97. The molecule has 0 unspecified atom stereocenters. The van der Waals surface area contributed by atoms with Crippen molar-refractivity contribution in [2.24, 2.45) is 0 Å². The predicted molar refractivity (Wildman–Crippen MR) is 50.6 cm³/mol. The van der Waals surface area contributed by atoms with Gasteiger partial charge in [-0.1, -0.05) is 6.07 Å². The van der Waals surface area contributed by atoms with Crippen molar-refractivity contribution in [3.8, 4) is 11.5 Å². The van der Waals surface area contributed by atoms with E-state index in [4.69, 9.17) is 14.9 Å². The zero-order valence-electron chi connectivity index (χ0n) is 8.16. The Labute approximate surface area is 85.9 Å². The summed E-state index contributed by atoms with van der Waals surface area (Å²) < 4.78 is 18.0. The molecule has 1 rings (SSSR count). The molecule has 15 heavy (non-hydrogen) atoms. The molecule has 5 heteroatoms. The van der Waals surface area contributed by atoms with Crippen LogP contribution in [0.15, 0.2) is 12.1 Å². The van der Waals surface area contributed by atoms with Crippen LogP contribution >= 0.6 is 0 Å². The lowest BCUT2D eigenvalue weighted by Crippen LogP contribution is -2.01. The number of ether oxygens (including phenoxy) is 1. The van der Waals surface area contributed by atoms with E-state index in [1.165, 1.54) is 19.2 Å². The Morgan fingerprint density at radius 2 is 2.20 bits per heavy atom. The molecule has 4 nitrogen and oxygen atoms in total. The van der Waals surface area contributed by atoms with Crippen LogP contribution in [0.4, 0.5) is 4.39 Å². The van der Waals surface area contributed by atoms with Crippen LogP contribution in [-0.2, 0) is 11.2 Å². The molecule has 0 amide bonds. The fraction of sp³-hybridized carbons (Fsp3) is 0.300. The van der Waals surface area contributed by atoms with Crippen molar-refractivity contribution in [1.29, 1.82) is 0 Å². The third kappa shape index (κ3) is 2.59. The van der Waals surface area contributed by atoms with Crippen LogP contribution in [-0.4, -0.2) is 23.3 Å². The molecular formula is C10H11FO4. The van der Waals surface area contributed by atoms with Crippen LogP contribution in [0.3, 0.4) is 0 Å². The Morgan fingerprint density at radius 3 is 2.73 bits per heavy atom. The van der Waals surface area contributed by atoms with Crippen LogP contribution < -0.4 is 4.74 Å². The molecule has 0 spiro atoms. The van der Waals surface area contributed by atoms with Gasteiger partial charge in [-0.3, -0.25) is 4.79 Å². The van der Waals surface area contributed by atoms with Gasteiger partial charge < -0.3 is 14.9 Å². The highest BCUT2D eigenvalue weighted by Gasteiger charge is 2.14. The topological polar surface area (TPSA) is 66.8 Å². The molecule has 0 aliphatic heterocycles.